The second-order valence-electron chi connectivity index (χ2n) is 7.06. The molecule has 7 nitrogen and oxygen atoms in total. The smallest absolute Gasteiger partial charge is 0.343 e. The minimum Gasteiger partial charge on any atom is -0.507 e. The highest BCUT2D eigenvalue weighted by molar-refractivity contribution is 6.35. The number of esters is 1. The predicted molar refractivity (Wildman–Crippen MR) is 101 cm³/mol. The van der Waals surface area contributed by atoms with Crippen molar-refractivity contribution in [3.63, 3.8) is 0 Å². The molecule has 0 radical (unpaired) electrons. The Morgan fingerprint density at radius 3 is 2.86 bits per heavy atom. The number of carbonyl (C=O) groups is 1. The lowest BCUT2D eigenvalue weighted by Gasteiger charge is -2.31. The molecule has 5 rings (SSSR count). The molecule has 3 aromatic rings. The number of nitrogens with zero attached hydrogens (tertiary/aromatic N) is 2. The first-order valence-electron chi connectivity index (χ1n) is 8.83. The summed E-state index contributed by atoms with van der Waals surface area (Å²) in [4.78, 5) is 29.8. The van der Waals surface area contributed by atoms with Gasteiger partial charge in [-0.05, 0) is 30.7 Å². The minimum absolute atomic E-state index is 0.0525. The van der Waals surface area contributed by atoms with Gasteiger partial charge in [-0.3, -0.25) is 4.79 Å². The number of carbonyl (C=O) groups excluding carboxylic acids is 1. The highest BCUT2D eigenvalue weighted by Gasteiger charge is 2.45. The summed E-state index contributed by atoms with van der Waals surface area (Å²) >= 11 is 6.25. The normalized spacial score (nSPS) is 19.9. The van der Waals surface area contributed by atoms with E-state index in [1.807, 2.05) is 0 Å². The van der Waals surface area contributed by atoms with E-state index >= 15 is 0 Å². The summed E-state index contributed by atoms with van der Waals surface area (Å²) in [6.45, 7) is 1.75. The Hall–Kier alpha value is -2.90. The summed E-state index contributed by atoms with van der Waals surface area (Å²) < 4.78 is 6.59. The maximum Gasteiger partial charge on any atom is 0.343 e. The summed E-state index contributed by atoms with van der Waals surface area (Å²) in [5, 5.41) is 21.9. The number of halogens is 1. The summed E-state index contributed by atoms with van der Waals surface area (Å²) in [6.07, 6.45) is 0.0828. The van der Waals surface area contributed by atoms with E-state index in [0.29, 0.717) is 27.3 Å². The van der Waals surface area contributed by atoms with Crippen LogP contribution in [-0.4, -0.2) is 25.7 Å². The number of cyclic esters (lactones) is 1. The second kappa shape index (κ2) is 5.56. The molecule has 0 saturated carbocycles. The lowest BCUT2D eigenvalue weighted by molar-refractivity contribution is -0.172. The maximum absolute atomic E-state index is 13.1. The molecule has 2 aliphatic heterocycles. The fraction of sp³-hybridized carbons (Fsp3) is 0.250. The fourth-order valence-corrected chi connectivity index (χ4v) is 4.23. The van der Waals surface area contributed by atoms with Crippen LogP contribution in [0.3, 0.4) is 0 Å². The van der Waals surface area contributed by atoms with E-state index in [1.54, 1.807) is 25.1 Å². The number of aliphatic hydroxyl groups is 1. The molecule has 4 heterocycles. The molecule has 1 atom stereocenters. The standard InChI is InChI=1S/C20H15ClN2O5/c1-2-20(27)12-6-14-16-9(5-10-15(24)4-3-13(21)17(10)22-16)7-23(14)18(25)11(12)8-28-19(20)26/h3-6,24,27H,2,7-8H2,1H3/t20-/m0/s1. The van der Waals surface area contributed by atoms with E-state index in [4.69, 9.17) is 16.3 Å². The zero-order chi connectivity index (χ0) is 19.8. The molecular formula is C20H15ClN2O5. The van der Waals surface area contributed by atoms with Crippen LogP contribution in [0.2, 0.25) is 5.02 Å². The number of aromatic nitrogens is 2. The summed E-state index contributed by atoms with van der Waals surface area (Å²) in [5.74, 6) is -0.707. The van der Waals surface area contributed by atoms with Gasteiger partial charge in [-0.25, -0.2) is 9.78 Å². The highest BCUT2D eigenvalue weighted by atomic mass is 35.5. The van der Waals surface area contributed by atoms with Gasteiger partial charge in [0.15, 0.2) is 5.60 Å². The number of hydrogen-bond acceptors (Lipinski definition) is 6. The molecule has 28 heavy (non-hydrogen) atoms. The van der Waals surface area contributed by atoms with E-state index in [9.17, 15) is 19.8 Å². The number of hydrogen-bond donors (Lipinski definition) is 2. The van der Waals surface area contributed by atoms with Crippen LogP contribution in [0, 0.1) is 0 Å². The predicted octanol–water partition coefficient (Wildman–Crippen LogP) is 2.44. The molecule has 142 valence electrons. The van der Waals surface area contributed by atoms with Crippen molar-refractivity contribution < 1.29 is 19.7 Å². The molecule has 0 unspecified atom stereocenters. The monoisotopic (exact) mass is 398 g/mol. The number of phenolic OH excluding ortho intramolecular Hbond substituents is 1. The number of fused-ring (bicyclic) bond motifs is 5. The third-order valence-corrected chi connectivity index (χ3v) is 5.91. The first kappa shape index (κ1) is 17.2. The van der Waals surface area contributed by atoms with Gasteiger partial charge in [0.2, 0.25) is 0 Å². The van der Waals surface area contributed by atoms with Crippen molar-refractivity contribution in [3.05, 3.63) is 56.3 Å². The van der Waals surface area contributed by atoms with Crippen molar-refractivity contribution in [1.29, 1.82) is 0 Å². The van der Waals surface area contributed by atoms with E-state index in [1.165, 1.54) is 10.6 Å². The van der Waals surface area contributed by atoms with Gasteiger partial charge in [0.1, 0.15) is 12.4 Å². The number of rotatable bonds is 1. The maximum atomic E-state index is 13.1. The average molecular weight is 399 g/mol. The van der Waals surface area contributed by atoms with Crippen LogP contribution in [-0.2, 0) is 28.3 Å². The van der Waals surface area contributed by atoms with Crippen LogP contribution in [0.4, 0.5) is 0 Å². The Kier molecular flexibility index (Phi) is 3.42. The largest absolute Gasteiger partial charge is 0.507 e. The summed E-state index contributed by atoms with van der Waals surface area (Å²) in [7, 11) is 0. The molecule has 2 aliphatic rings. The lowest BCUT2D eigenvalue weighted by atomic mass is 9.86. The molecule has 0 saturated heterocycles. The van der Waals surface area contributed by atoms with Crippen molar-refractivity contribution in [1.82, 2.24) is 9.55 Å². The lowest BCUT2D eigenvalue weighted by Crippen LogP contribution is -2.44. The zero-order valence-electron chi connectivity index (χ0n) is 14.8. The van der Waals surface area contributed by atoms with Crippen LogP contribution in [0.25, 0.3) is 22.3 Å². The minimum atomic E-state index is -1.86. The van der Waals surface area contributed by atoms with Gasteiger partial charge in [0, 0.05) is 16.5 Å². The van der Waals surface area contributed by atoms with Gasteiger partial charge < -0.3 is 19.5 Å². The van der Waals surface area contributed by atoms with Gasteiger partial charge in [0.25, 0.3) is 5.56 Å². The van der Waals surface area contributed by atoms with Crippen molar-refractivity contribution in [2.24, 2.45) is 0 Å². The first-order chi connectivity index (χ1) is 13.3. The number of aromatic hydroxyl groups is 1. The molecule has 1 aromatic carbocycles. The Morgan fingerprint density at radius 2 is 2.11 bits per heavy atom. The summed E-state index contributed by atoms with van der Waals surface area (Å²) in [5.41, 5.74) is 0.548. The van der Waals surface area contributed by atoms with Gasteiger partial charge in [-0.2, -0.15) is 0 Å². The zero-order valence-corrected chi connectivity index (χ0v) is 15.6. The highest BCUT2D eigenvalue weighted by Crippen LogP contribution is 2.40. The van der Waals surface area contributed by atoms with Crippen molar-refractivity contribution in [3.8, 4) is 17.1 Å². The third kappa shape index (κ3) is 2.05. The van der Waals surface area contributed by atoms with Gasteiger partial charge in [-0.15, -0.1) is 0 Å². The SMILES string of the molecule is CC[C@@]1(O)C(=O)OCc2c1cc1n(c2=O)Cc2cc3c(O)ccc(Cl)c3nc2-1. The van der Waals surface area contributed by atoms with E-state index in [-0.39, 0.29) is 42.0 Å². The van der Waals surface area contributed by atoms with Crippen LogP contribution >= 0.6 is 11.6 Å². The van der Waals surface area contributed by atoms with E-state index < -0.39 is 11.6 Å². The Bertz CT molecular complexity index is 1270. The Labute approximate surface area is 163 Å². The molecule has 2 aromatic heterocycles. The fourth-order valence-electron chi connectivity index (χ4n) is 4.02. The molecule has 0 bridgehead atoms. The molecule has 8 heteroatoms. The van der Waals surface area contributed by atoms with Gasteiger partial charge in [-0.1, -0.05) is 18.5 Å². The van der Waals surface area contributed by atoms with Crippen LogP contribution in [0.5, 0.6) is 5.75 Å². The topological polar surface area (TPSA) is 102 Å². The Morgan fingerprint density at radius 1 is 1.32 bits per heavy atom. The van der Waals surface area contributed by atoms with Crippen LogP contribution in [0.15, 0.2) is 29.1 Å². The van der Waals surface area contributed by atoms with Gasteiger partial charge in [0.05, 0.1) is 34.0 Å². The van der Waals surface area contributed by atoms with Crippen LogP contribution in [0.1, 0.15) is 30.0 Å². The van der Waals surface area contributed by atoms with Crippen molar-refractivity contribution >= 4 is 28.5 Å². The first-order valence-corrected chi connectivity index (χ1v) is 9.21. The number of phenols is 1. The molecule has 0 aliphatic carbocycles. The average Bonchev–Trinajstić information content (AvgIpc) is 3.05. The molecule has 0 spiro atoms. The number of benzene rings is 1. The Balaban J connectivity index is 1.83. The van der Waals surface area contributed by atoms with E-state index in [0.717, 1.165) is 5.56 Å². The molecule has 0 fully saturated rings. The molecule has 2 N–H and O–H groups in total. The molecular weight excluding hydrogens is 384 g/mol. The third-order valence-electron chi connectivity index (χ3n) is 5.61. The van der Waals surface area contributed by atoms with Crippen molar-refractivity contribution in [2.75, 3.05) is 0 Å². The number of pyridine rings is 2. The quantitative estimate of drug-likeness (QED) is 0.477. The molecule has 0 amide bonds. The second-order valence-corrected chi connectivity index (χ2v) is 7.47. The van der Waals surface area contributed by atoms with Crippen LogP contribution < -0.4 is 5.56 Å². The van der Waals surface area contributed by atoms with Gasteiger partial charge >= 0.3 is 5.97 Å². The van der Waals surface area contributed by atoms with Crippen molar-refractivity contribution in [2.45, 2.75) is 32.1 Å². The summed E-state index contributed by atoms with van der Waals surface area (Å²) in [6, 6.07) is 6.45. The number of ether oxygens (including phenoxy) is 1. The van der Waals surface area contributed by atoms with E-state index in [2.05, 4.69) is 4.98 Å².